The van der Waals surface area contributed by atoms with E-state index in [4.69, 9.17) is 4.74 Å². The number of benzene rings is 1. The molecule has 120 valence electrons. The number of methoxy groups -OCH3 is 1. The van der Waals surface area contributed by atoms with Gasteiger partial charge >= 0.3 is 0 Å². The van der Waals surface area contributed by atoms with Crippen molar-refractivity contribution in [3.63, 3.8) is 0 Å². The molecule has 3 aromatic rings. The second-order valence-corrected chi connectivity index (χ2v) is 5.55. The fourth-order valence-electron chi connectivity index (χ4n) is 2.69. The summed E-state index contributed by atoms with van der Waals surface area (Å²) in [7, 11) is 1.63. The third-order valence-electron chi connectivity index (χ3n) is 3.94. The van der Waals surface area contributed by atoms with Gasteiger partial charge in [-0.2, -0.15) is 0 Å². The molecule has 0 saturated heterocycles. The molecule has 6 nitrogen and oxygen atoms in total. The van der Waals surface area contributed by atoms with Crippen LogP contribution < -0.4 is 10.2 Å². The third kappa shape index (κ3) is 2.74. The molecule has 1 N–H and O–H groups in total. The van der Waals surface area contributed by atoms with Gasteiger partial charge in [0.1, 0.15) is 17.4 Å². The maximum absolute atomic E-state index is 5.24. The lowest BCUT2D eigenvalue weighted by Gasteiger charge is -2.08. The number of hydrogen-bond donors (Lipinski definition) is 1. The Kier molecular flexibility index (Phi) is 3.70. The molecule has 2 aromatic heterocycles. The maximum Gasteiger partial charge on any atom is 0.137 e. The van der Waals surface area contributed by atoms with Gasteiger partial charge in [-0.25, -0.2) is 9.66 Å². The van der Waals surface area contributed by atoms with Gasteiger partial charge in [0.25, 0.3) is 0 Å². The highest BCUT2D eigenvalue weighted by Crippen LogP contribution is 2.25. The van der Waals surface area contributed by atoms with Gasteiger partial charge in [0.2, 0.25) is 0 Å². The van der Waals surface area contributed by atoms with Crippen molar-refractivity contribution in [1.82, 2.24) is 14.6 Å². The number of amidine groups is 1. The van der Waals surface area contributed by atoms with Crippen molar-refractivity contribution < 1.29 is 4.74 Å². The molecule has 0 fully saturated rings. The number of nitrogens with one attached hydrogen (secondary N) is 1. The number of rotatable bonds is 4. The van der Waals surface area contributed by atoms with E-state index in [1.54, 1.807) is 19.5 Å². The summed E-state index contributed by atoms with van der Waals surface area (Å²) in [5.74, 6) is 2.58. The maximum atomic E-state index is 5.24. The number of imidazole rings is 1. The molecule has 1 aliphatic heterocycles. The minimum Gasteiger partial charge on any atom is -0.495 e. The third-order valence-corrected chi connectivity index (χ3v) is 3.94. The highest BCUT2D eigenvalue weighted by atomic mass is 16.5. The van der Waals surface area contributed by atoms with E-state index in [1.165, 1.54) is 5.56 Å². The van der Waals surface area contributed by atoms with E-state index < -0.39 is 0 Å². The van der Waals surface area contributed by atoms with E-state index in [0.29, 0.717) is 13.0 Å². The van der Waals surface area contributed by atoms with E-state index in [9.17, 15) is 0 Å². The van der Waals surface area contributed by atoms with Gasteiger partial charge in [-0.15, -0.1) is 0 Å². The van der Waals surface area contributed by atoms with Crippen molar-refractivity contribution in [2.45, 2.75) is 13.0 Å². The number of nitrogens with zero attached hydrogens (tertiary/aromatic N) is 4. The summed E-state index contributed by atoms with van der Waals surface area (Å²) in [6.45, 7) is 0.657. The zero-order valence-corrected chi connectivity index (χ0v) is 13.3. The van der Waals surface area contributed by atoms with E-state index >= 15 is 0 Å². The quantitative estimate of drug-likeness (QED) is 0.803. The predicted octanol–water partition coefficient (Wildman–Crippen LogP) is 2.65. The number of ether oxygens (including phenoxy) is 1. The predicted molar refractivity (Wildman–Crippen MR) is 92.7 cm³/mol. The van der Waals surface area contributed by atoms with Crippen LogP contribution in [0.1, 0.15) is 11.4 Å². The highest BCUT2D eigenvalue weighted by molar-refractivity contribution is 5.94. The fourth-order valence-corrected chi connectivity index (χ4v) is 2.69. The molecule has 0 amide bonds. The van der Waals surface area contributed by atoms with Crippen LogP contribution in [-0.2, 0) is 13.0 Å². The van der Waals surface area contributed by atoms with Crippen LogP contribution in [0.2, 0.25) is 0 Å². The van der Waals surface area contributed by atoms with Gasteiger partial charge in [0, 0.05) is 11.8 Å². The lowest BCUT2D eigenvalue weighted by atomic mass is 10.2. The minimum absolute atomic E-state index is 0.657. The Morgan fingerprint density at radius 2 is 2.08 bits per heavy atom. The molecular formula is C18H17N5O. The largest absolute Gasteiger partial charge is 0.495 e. The monoisotopic (exact) mass is 319 g/mol. The average molecular weight is 319 g/mol. The molecule has 0 saturated carbocycles. The Hall–Kier alpha value is -3.15. The van der Waals surface area contributed by atoms with Crippen LogP contribution in [0.3, 0.4) is 0 Å². The number of pyridine rings is 1. The second kappa shape index (κ2) is 6.16. The molecule has 0 radical (unpaired) electrons. The first-order chi connectivity index (χ1) is 11.8. The van der Waals surface area contributed by atoms with E-state index in [2.05, 4.69) is 32.5 Å². The zero-order chi connectivity index (χ0) is 16.4. The van der Waals surface area contributed by atoms with Gasteiger partial charge in [0.05, 0.1) is 38.2 Å². The van der Waals surface area contributed by atoms with Crippen molar-refractivity contribution in [3.05, 3.63) is 66.4 Å². The highest BCUT2D eigenvalue weighted by Gasteiger charge is 2.21. The lowest BCUT2D eigenvalue weighted by molar-refractivity contribution is 0.413. The van der Waals surface area contributed by atoms with Crippen LogP contribution in [-0.4, -0.2) is 27.6 Å². The number of aliphatic imine (C=N–C) groups is 1. The Balaban J connectivity index is 1.56. The molecule has 0 atom stereocenters. The number of fused-ring (bicyclic) bond motifs is 1. The number of hydrogen-bond acceptors (Lipinski definition) is 4. The van der Waals surface area contributed by atoms with Crippen LogP contribution in [0, 0.1) is 0 Å². The molecule has 24 heavy (non-hydrogen) atoms. The lowest BCUT2D eigenvalue weighted by Crippen LogP contribution is -2.16. The molecule has 0 bridgehead atoms. The van der Waals surface area contributed by atoms with E-state index in [0.717, 1.165) is 28.7 Å². The Morgan fingerprint density at radius 3 is 2.92 bits per heavy atom. The second-order valence-electron chi connectivity index (χ2n) is 5.55. The minimum atomic E-state index is 0.657. The smallest absolute Gasteiger partial charge is 0.137 e. The van der Waals surface area contributed by atoms with Gasteiger partial charge < -0.3 is 4.74 Å². The standard InChI is InChI=1S/C18H17N5O/c1-24-15-7-14(10-19-11-15)16-12-21-18-8-17(22-23(16)18)20-9-13-5-3-2-4-6-13/h2-7,10-12H,8-9H2,1H3,(H,20,22). The summed E-state index contributed by atoms with van der Waals surface area (Å²) < 4.78 is 7.20. The average Bonchev–Trinajstić information content (AvgIpc) is 3.21. The molecule has 0 unspecified atom stereocenters. The zero-order valence-electron chi connectivity index (χ0n) is 13.3. The first kappa shape index (κ1) is 14.4. The molecule has 1 aromatic carbocycles. The van der Waals surface area contributed by atoms with Crippen molar-refractivity contribution in [2.75, 3.05) is 12.5 Å². The van der Waals surface area contributed by atoms with Crippen LogP contribution in [0.15, 0.2) is 60.0 Å². The summed E-state index contributed by atoms with van der Waals surface area (Å²) in [6.07, 6.45) is 6.02. The SMILES string of the molecule is COc1cncc(-c2cnc3n2NC(=NCc2ccccc2)C3)c1. The van der Waals surface area contributed by atoms with E-state index in [1.807, 2.05) is 35.1 Å². The van der Waals surface area contributed by atoms with Crippen LogP contribution in [0.5, 0.6) is 5.75 Å². The summed E-state index contributed by atoms with van der Waals surface area (Å²) in [5, 5.41) is 0. The first-order valence-corrected chi connectivity index (χ1v) is 7.74. The van der Waals surface area contributed by atoms with Crippen LogP contribution >= 0.6 is 0 Å². The Labute approximate surface area is 139 Å². The fraction of sp³-hybridized carbons (Fsp3) is 0.167. The molecular weight excluding hydrogens is 302 g/mol. The summed E-state index contributed by atoms with van der Waals surface area (Å²) in [5.41, 5.74) is 6.41. The van der Waals surface area contributed by atoms with Crippen LogP contribution in [0.25, 0.3) is 11.3 Å². The summed E-state index contributed by atoms with van der Waals surface area (Å²) >= 11 is 0. The normalized spacial score (nSPS) is 14.5. The van der Waals surface area contributed by atoms with Crippen molar-refractivity contribution in [2.24, 2.45) is 4.99 Å². The molecule has 6 heteroatoms. The summed E-state index contributed by atoms with van der Waals surface area (Å²) in [4.78, 5) is 13.3. The Morgan fingerprint density at radius 1 is 1.21 bits per heavy atom. The van der Waals surface area contributed by atoms with Gasteiger partial charge in [-0.3, -0.25) is 15.4 Å². The first-order valence-electron chi connectivity index (χ1n) is 7.74. The molecule has 4 rings (SSSR count). The van der Waals surface area contributed by atoms with Gasteiger partial charge in [0.15, 0.2) is 0 Å². The van der Waals surface area contributed by atoms with Crippen molar-refractivity contribution >= 4 is 5.84 Å². The molecule has 0 aliphatic carbocycles. The molecule has 1 aliphatic rings. The molecule has 0 spiro atoms. The van der Waals surface area contributed by atoms with Gasteiger partial charge in [-0.05, 0) is 11.6 Å². The topological polar surface area (TPSA) is 64.3 Å². The molecule has 3 heterocycles. The van der Waals surface area contributed by atoms with Crippen LogP contribution in [0.4, 0.5) is 0 Å². The van der Waals surface area contributed by atoms with Gasteiger partial charge in [-0.1, -0.05) is 30.3 Å². The Bertz CT molecular complexity index is 885. The summed E-state index contributed by atoms with van der Waals surface area (Å²) in [6, 6.07) is 12.1. The van der Waals surface area contributed by atoms with Crippen molar-refractivity contribution in [3.8, 4) is 17.0 Å². The number of aromatic nitrogens is 3. The van der Waals surface area contributed by atoms with Crippen molar-refractivity contribution in [1.29, 1.82) is 0 Å². The van der Waals surface area contributed by atoms with E-state index in [-0.39, 0.29) is 0 Å².